The SMILES string of the molecule is CCOC(=O)COc1c(I)cc(/C=C2/SC(=O)N(CC(=O)N3CCCC3)C2=O)cc1OC. The molecule has 0 spiro atoms. The van der Waals surface area contributed by atoms with Crippen molar-refractivity contribution < 1.29 is 33.4 Å². The lowest BCUT2D eigenvalue weighted by molar-refractivity contribution is -0.145. The highest BCUT2D eigenvalue weighted by atomic mass is 127. The molecule has 172 valence electrons. The number of methoxy groups -OCH3 is 1. The van der Waals surface area contributed by atoms with Gasteiger partial charge in [-0.15, -0.1) is 0 Å². The summed E-state index contributed by atoms with van der Waals surface area (Å²) in [7, 11) is 1.46. The minimum absolute atomic E-state index is 0.217. The Labute approximate surface area is 203 Å². The van der Waals surface area contributed by atoms with Crippen molar-refractivity contribution in [1.82, 2.24) is 9.80 Å². The number of hydrogen-bond donors (Lipinski definition) is 0. The third kappa shape index (κ3) is 5.74. The molecule has 3 amide bonds. The molecule has 0 aromatic heterocycles. The molecule has 1 aromatic carbocycles. The van der Waals surface area contributed by atoms with Crippen LogP contribution in [0, 0.1) is 3.57 Å². The average molecular weight is 574 g/mol. The van der Waals surface area contributed by atoms with E-state index in [0.29, 0.717) is 33.7 Å². The third-order valence-corrected chi connectivity index (χ3v) is 6.52. The summed E-state index contributed by atoms with van der Waals surface area (Å²) >= 11 is 2.83. The first-order chi connectivity index (χ1) is 15.3. The molecule has 0 saturated carbocycles. The van der Waals surface area contributed by atoms with Crippen molar-refractivity contribution in [1.29, 1.82) is 0 Å². The van der Waals surface area contributed by atoms with Gasteiger partial charge in [0.05, 0.1) is 22.2 Å². The van der Waals surface area contributed by atoms with E-state index in [0.717, 1.165) is 29.5 Å². The van der Waals surface area contributed by atoms with Crippen LogP contribution in [0.15, 0.2) is 17.0 Å². The van der Waals surface area contributed by atoms with Crippen molar-refractivity contribution >= 4 is 63.5 Å². The molecule has 9 nitrogen and oxygen atoms in total. The highest BCUT2D eigenvalue weighted by Crippen LogP contribution is 2.37. The molecule has 0 unspecified atom stereocenters. The van der Waals surface area contributed by atoms with Gasteiger partial charge in [0.15, 0.2) is 18.1 Å². The van der Waals surface area contributed by atoms with Crippen molar-refractivity contribution in [2.24, 2.45) is 0 Å². The van der Waals surface area contributed by atoms with Crippen LogP contribution in [0.4, 0.5) is 4.79 Å². The summed E-state index contributed by atoms with van der Waals surface area (Å²) in [6, 6.07) is 3.39. The fraction of sp³-hybridized carbons (Fsp3) is 0.429. The maximum Gasteiger partial charge on any atom is 0.344 e. The summed E-state index contributed by atoms with van der Waals surface area (Å²) in [5.41, 5.74) is 0.617. The molecule has 1 aromatic rings. The minimum atomic E-state index is -0.496. The fourth-order valence-electron chi connectivity index (χ4n) is 3.29. The molecule has 2 saturated heterocycles. The number of amides is 3. The highest BCUT2D eigenvalue weighted by Gasteiger charge is 2.37. The van der Waals surface area contributed by atoms with Crippen molar-refractivity contribution in [2.75, 3.05) is 40.0 Å². The number of esters is 1. The van der Waals surface area contributed by atoms with Crippen molar-refractivity contribution in [3.8, 4) is 11.5 Å². The normalized spacial score (nSPS) is 17.3. The smallest absolute Gasteiger partial charge is 0.344 e. The average Bonchev–Trinajstić information content (AvgIpc) is 3.38. The summed E-state index contributed by atoms with van der Waals surface area (Å²) in [6.07, 6.45) is 3.45. The molecule has 2 fully saturated rings. The molecule has 2 heterocycles. The number of imide groups is 1. The predicted octanol–water partition coefficient (Wildman–Crippen LogP) is 2.90. The van der Waals surface area contributed by atoms with Crippen LogP contribution >= 0.6 is 34.4 Å². The highest BCUT2D eigenvalue weighted by molar-refractivity contribution is 14.1. The molecule has 0 aliphatic carbocycles. The van der Waals surface area contributed by atoms with E-state index in [1.165, 1.54) is 7.11 Å². The van der Waals surface area contributed by atoms with E-state index < -0.39 is 17.1 Å². The van der Waals surface area contributed by atoms with Crippen LogP contribution in [0.5, 0.6) is 11.5 Å². The molecule has 2 aliphatic heterocycles. The van der Waals surface area contributed by atoms with E-state index >= 15 is 0 Å². The van der Waals surface area contributed by atoms with E-state index in [1.807, 2.05) is 22.6 Å². The lowest BCUT2D eigenvalue weighted by Crippen LogP contribution is -2.40. The standard InChI is InChI=1S/C21H23IN2O7S/c1-3-30-18(26)12-31-19-14(22)8-13(9-15(19)29-2)10-16-20(27)24(21(28)32-16)11-17(25)23-6-4-5-7-23/h8-10H,3-7,11-12H2,1-2H3/b16-10+. The van der Waals surface area contributed by atoms with Gasteiger partial charge < -0.3 is 19.1 Å². The number of rotatable bonds is 8. The molecule has 32 heavy (non-hydrogen) atoms. The fourth-order valence-corrected chi connectivity index (χ4v) is 4.91. The zero-order valence-electron chi connectivity index (χ0n) is 17.7. The maximum absolute atomic E-state index is 12.8. The first-order valence-corrected chi connectivity index (χ1v) is 11.9. The summed E-state index contributed by atoms with van der Waals surface area (Å²) in [5.74, 6) is -0.459. The lowest BCUT2D eigenvalue weighted by Gasteiger charge is -2.18. The van der Waals surface area contributed by atoms with Gasteiger partial charge >= 0.3 is 5.97 Å². The number of carbonyl (C=O) groups excluding carboxylic acids is 4. The van der Waals surface area contributed by atoms with Crippen LogP contribution in [0.3, 0.4) is 0 Å². The Morgan fingerprint density at radius 3 is 2.59 bits per heavy atom. The first kappa shape index (κ1) is 24.4. The van der Waals surface area contributed by atoms with Crippen LogP contribution in [0.25, 0.3) is 6.08 Å². The Bertz CT molecular complexity index is 960. The number of likely N-dealkylation sites (tertiary alicyclic amines) is 1. The van der Waals surface area contributed by atoms with Crippen LogP contribution in [-0.2, 0) is 19.1 Å². The molecule has 2 aliphatic rings. The van der Waals surface area contributed by atoms with Gasteiger partial charge in [0, 0.05) is 13.1 Å². The predicted molar refractivity (Wildman–Crippen MR) is 126 cm³/mol. The second kappa shape index (κ2) is 11.0. The van der Waals surface area contributed by atoms with Gasteiger partial charge in [-0.25, -0.2) is 4.79 Å². The monoisotopic (exact) mass is 574 g/mol. The van der Waals surface area contributed by atoms with Crippen molar-refractivity contribution in [2.45, 2.75) is 19.8 Å². The molecule has 0 bridgehead atoms. The molecule has 0 N–H and O–H groups in total. The topological polar surface area (TPSA) is 102 Å². The Morgan fingerprint density at radius 1 is 1.22 bits per heavy atom. The van der Waals surface area contributed by atoms with Gasteiger partial charge in [-0.05, 0) is 77.9 Å². The zero-order valence-corrected chi connectivity index (χ0v) is 20.7. The van der Waals surface area contributed by atoms with E-state index in [4.69, 9.17) is 14.2 Å². The van der Waals surface area contributed by atoms with Crippen molar-refractivity contribution in [3.63, 3.8) is 0 Å². The summed E-state index contributed by atoms with van der Waals surface area (Å²) in [4.78, 5) is 51.9. The molecule has 0 radical (unpaired) electrons. The van der Waals surface area contributed by atoms with E-state index in [-0.39, 0.29) is 30.6 Å². The quantitative estimate of drug-likeness (QED) is 0.266. The Morgan fingerprint density at radius 2 is 1.94 bits per heavy atom. The number of hydrogen-bond acceptors (Lipinski definition) is 8. The van der Waals surface area contributed by atoms with Crippen LogP contribution in [-0.4, -0.2) is 72.8 Å². The maximum atomic E-state index is 12.8. The number of halogens is 1. The summed E-state index contributed by atoms with van der Waals surface area (Å²) < 4.78 is 16.4. The Hall–Kier alpha value is -2.28. The molecular formula is C21H23IN2O7S. The molecule has 11 heteroatoms. The second-order valence-electron chi connectivity index (χ2n) is 6.98. The lowest BCUT2D eigenvalue weighted by atomic mass is 10.2. The Kier molecular flexibility index (Phi) is 8.40. The first-order valence-electron chi connectivity index (χ1n) is 10.0. The Balaban J connectivity index is 1.74. The second-order valence-corrected chi connectivity index (χ2v) is 9.14. The number of benzene rings is 1. The zero-order chi connectivity index (χ0) is 23.3. The van der Waals surface area contributed by atoms with E-state index in [2.05, 4.69) is 0 Å². The van der Waals surface area contributed by atoms with E-state index in [1.54, 1.807) is 30.0 Å². The number of nitrogens with zero attached hydrogens (tertiary/aromatic N) is 2. The van der Waals surface area contributed by atoms with Gasteiger partial charge in [-0.2, -0.15) is 0 Å². The van der Waals surface area contributed by atoms with Gasteiger partial charge in [-0.3, -0.25) is 19.3 Å². The van der Waals surface area contributed by atoms with Crippen LogP contribution in [0.1, 0.15) is 25.3 Å². The molecular weight excluding hydrogens is 551 g/mol. The molecule has 0 atom stereocenters. The van der Waals surface area contributed by atoms with E-state index in [9.17, 15) is 19.2 Å². The van der Waals surface area contributed by atoms with Crippen molar-refractivity contribution in [3.05, 3.63) is 26.2 Å². The van der Waals surface area contributed by atoms with Crippen LogP contribution in [0.2, 0.25) is 0 Å². The van der Waals surface area contributed by atoms with Gasteiger partial charge in [0.1, 0.15) is 6.54 Å². The number of carbonyl (C=O) groups is 4. The number of ether oxygens (including phenoxy) is 3. The summed E-state index contributed by atoms with van der Waals surface area (Å²) in [6.45, 7) is 2.78. The van der Waals surface area contributed by atoms with Crippen LogP contribution < -0.4 is 9.47 Å². The largest absolute Gasteiger partial charge is 0.493 e. The van der Waals surface area contributed by atoms with Gasteiger partial charge in [-0.1, -0.05) is 0 Å². The minimum Gasteiger partial charge on any atom is -0.493 e. The van der Waals surface area contributed by atoms with Gasteiger partial charge in [0.2, 0.25) is 5.91 Å². The number of thioether (sulfide) groups is 1. The third-order valence-electron chi connectivity index (χ3n) is 4.81. The van der Waals surface area contributed by atoms with Gasteiger partial charge in [0.25, 0.3) is 11.1 Å². The molecule has 3 rings (SSSR count). The summed E-state index contributed by atoms with van der Waals surface area (Å²) in [5, 5.41) is -0.468.